The number of allylic oxidation sites excluding steroid dienone is 1. The minimum atomic E-state index is -0.968. The molecule has 0 aromatic carbocycles. The van der Waals surface area contributed by atoms with E-state index >= 15 is 0 Å². The number of rotatable bonds is 0. The van der Waals surface area contributed by atoms with E-state index in [-0.39, 0.29) is 34.6 Å². The van der Waals surface area contributed by atoms with Crippen LogP contribution in [-0.2, 0) is 9.47 Å². The van der Waals surface area contributed by atoms with Gasteiger partial charge in [0.25, 0.3) is 0 Å². The molecule has 11 atom stereocenters. The van der Waals surface area contributed by atoms with Crippen LogP contribution in [0, 0.1) is 40.4 Å². The molecule has 4 aliphatic carbocycles. The van der Waals surface area contributed by atoms with Gasteiger partial charge in [-0.2, -0.15) is 0 Å². The number of fused-ring (bicyclic) bond motifs is 7. The molecule has 2 aliphatic heterocycles. The smallest absolute Gasteiger partial charge is 0.198 e. The Morgan fingerprint density at radius 3 is 2.47 bits per heavy atom. The molecule has 180 valence electrons. The highest BCUT2D eigenvalue weighted by molar-refractivity contribution is 5.27. The molecule has 0 bridgehead atoms. The SMILES string of the molecule is C[C@H]1C[C@]2(O[C@H]3CC4C5CC=C6C[C@@H](O)CC[C@]6(C)C5CC[C@]4(C)[C@H]3[C@@]2(C)O)OC1(C)C. The fourth-order valence-electron chi connectivity index (χ4n) is 9.95. The van der Waals surface area contributed by atoms with E-state index in [0.717, 1.165) is 38.5 Å². The fraction of sp³-hybridized carbons (Fsp3) is 0.929. The maximum absolute atomic E-state index is 12.1. The summed E-state index contributed by atoms with van der Waals surface area (Å²) < 4.78 is 13.4. The molecule has 6 aliphatic rings. The minimum absolute atomic E-state index is 0.0891. The molecule has 1 spiro atoms. The highest BCUT2D eigenvalue weighted by Crippen LogP contribution is 2.72. The van der Waals surface area contributed by atoms with E-state index in [1.807, 2.05) is 6.92 Å². The average molecular weight is 445 g/mol. The fourth-order valence-corrected chi connectivity index (χ4v) is 9.95. The Bertz CT molecular complexity index is 846. The average Bonchev–Trinajstić information content (AvgIpc) is 3.20. The van der Waals surface area contributed by atoms with E-state index in [1.54, 1.807) is 0 Å². The summed E-state index contributed by atoms with van der Waals surface area (Å²) in [5.41, 5.74) is 0.626. The van der Waals surface area contributed by atoms with E-state index in [2.05, 4.69) is 40.7 Å². The third kappa shape index (κ3) is 2.54. The van der Waals surface area contributed by atoms with Crippen LogP contribution in [-0.4, -0.2) is 39.4 Å². The lowest BCUT2D eigenvalue weighted by molar-refractivity contribution is -0.298. The van der Waals surface area contributed by atoms with Crippen molar-refractivity contribution in [2.24, 2.45) is 40.4 Å². The van der Waals surface area contributed by atoms with E-state index in [9.17, 15) is 10.2 Å². The summed E-state index contributed by atoms with van der Waals surface area (Å²) in [6.07, 6.45) is 10.7. The van der Waals surface area contributed by atoms with Crippen molar-refractivity contribution in [3.8, 4) is 0 Å². The van der Waals surface area contributed by atoms with Crippen LogP contribution in [0.2, 0.25) is 0 Å². The summed E-state index contributed by atoms with van der Waals surface area (Å²) >= 11 is 0. The van der Waals surface area contributed by atoms with Gasteiger partial charge in [0.15, 0.2) is 5.79 Å². The molecule has 32 heavy (non-hydrogen) atoms. The zero-order chi connectivity index (χ0) is 22.9. The number of ether oxygens (including phenoxy) is 2. The quantitative estimate of drug-likeness (QED) is 0.503. The zero-order valence-electron chi connectivity index (χ0n) is 21.0. The first-order valence-corrected chi connectivity index (χ1v) is 13.3. The molecule has 6 rings (SSSR count). The number of hydrogen-bond acceptors (Lipinski definition) is 4. The molecule has 4 nitrogen and oxygen atoms in total. The number of aliphatic hydroxyl groups excluding tert-OH is 1. The summed E-state index contributed by atoms with van der Waals surface area (Å²) in [6, 6.07) is 0. The summed E-state index contributed by atoms with van der Waals surface area (Å²) in [5.74, 6) is 1.59. The van der Waals surface area contributed by atoms with Crippen LogP contribution in [0.4, 0.5) is 0 Å². The topological polar surface area (TPSA) is 58.9 Å². The van der Waals surface area contributed by atoms with Crippen LogP contribution in [0.5, 0.6) is 0 Å². The second kappa shape index (κ2) is 6.42. The largest absolute Gasteiger partial charge is 0.393 e. The van der Waals surface area contributed by atoms with Gasteiger partial charge in [0.1, 0.15) is 5.60 Å². The van der Waals surface area contributed by atoms with Gasteiger partial charge >= 0.3 is 0 Å². The van der Waals surface area contributed by atoms with Crippen molar-refractivity contribution in [2.75, 3.05) is 0 Å². The molecule has 3 unspecified atom stereocenters. The van der Waals surface area contributed by atoms with E-state index < -0.39 is 11.4 Å². The molecular formula is C28H44O4. The normalized spacial score (nSPS) is 60.5. The summed E-state index contributed by atoms with van der Waals surface area (Å²) in [4.78, 5) is 0. The highest BCUT2D eigenvalue weighted by atomic mass is 16.7. The Hall–Kier alpha value is -0.420. The molecule has 2 heterocycles. The standard InChI is InChI=1S/C28H44O4/c1-16-15-28(32-24(16,2)3)27(6,30)23-22(31-28)14-21-19-8-7-17-13-18(29)9-11-25(17,4)20(19)10-12-26(21,23)5/h7,16,18-23,29-30H,8-15H2,1-6H3/t16-,18-,19?,20?,21?,22-,23-,25-,26-,27+,28-/m0/s1. The van der Waals surface area contributed by atoms with Crippen molar-refractivity contribution in [2.45, 2.75) is 122 Å². The van der Waals surface area contributed by atoms with Gasteiger partial charge in [0, 0.05) is 12.3 Å². The van der Waals surface area contributed by atoms with Crippen LogP contribution < -0.4 is 0 Å². The van der Waals surface area contributed by atoms with Crippen LogP contribution in [0.25, 0.3) is 0 Å². The van der Waals surface area contributed by atoms with Crippen molar-refractivity contribution in [3.05, 3.63) is 11.6 Å². The third-order valence-corrected chi connectivity index (χ3v) is 12.0. The van der Waals surface area contributed by atoms with E-state index in [4.69, 9.17) is 9.47 Å². The van der Waals surface area contributed by atoms with Crippen molar-refractivity contribution in [1.82, 2.24) is 0 Å². The van der Waals surface area contributed by atoms with Crippen molar-refractivity contribution >= 4 is 0 Å². The van der Waals surface area contributed by atoms with Crippen LogP contribution in [0.15, 0.2) is 11.6 Å². The Balaban J connectivity index is 1.33. The molecule has 2 N–H and O–H groups in total. The lowest BCUT2D eigenvalue weighted by Crippen LogP contribution is -2.58. The molecule has 0 aromatic heterocycles. The Kier molecular flexibility index (Phi) is 4.42. The molecule has 0 radical (unpaired) electrons. The number of hydrogen-bond donors (Lipinski definition) is 2. The van der Waals surface area contributed by atoms with Gasteiger partial charge in [-0.25, -0.2) is 0 Å². The monoisotopic (exact) mass is 444 g/mol. The molecule has 2 saturated heterocycles. The lowest BCUT2D eigenvalue weighted by atomic mass is 9.46. The predicted octanol–water partition coefficient (Wildman–Crippen LogP) is 5.22. The lowest BCUT2D eigenvalue weighted by Gasteiger charge is -2.59. The number of aliphatic hydroxyl groups is 2. The molecule has 5 fully saturated rings. The van der Waals surface area contributed by atoms with Crippen LogP contribution in [0.3, 0.4) is 0 Å². The van der Waals surface area contributed by atoms with Gasteiger partial charge in [-0.1, -0.05) is 32.4 Å². The van der Waals surface area contributed by atoms with Gasteiger partial charge in [-0.3, -0.25) is 0 Å². The van der Waals surface area contributed by atoms with Gasteiger partial charge in [0.05, 0.1) is 17.8 Å². The van der Waals surface area contributed by atoms with Gasteiger partial charge < -0.3 is 19.7 Å². The molecular weight excluding hydrogens is 400 g/mol. The molecule has 0 amide bonds. The van der Waals surface area contributed by atoms with Gasteiger partial charge in [-0.05, 0) is 100 Å². The zero-order valence-corrected chi connectivity index (χ0v) is 21.0. The van der Waals surface area contributed by atoms with E-state index in [0.29, 0.717) is 23.7 Å². The van der Waals surface area contributed by atoms with Crippen LogP contribution in [0.1, 0.15) is 92.9 Å². The predicted molar refractivity (Wildman–Crippen MR) is 124 cm³/mol. The molecule has 4 heteroatoms. The third-order valence-electron chi connectivity index (χ3n) is 12.0. The van der Waals surface area contributed by atoms with Crippen molar-refractivity contribution in [1.29, 1.82) is 0 Å². The first-order chi connectivity index (χ1) is 14.8. The van der Waals surface area contributed by atoms with Crippen molar-refractivity contribution in [3.63, 3.8) is 0 Å². The first kappa shape index (κ1) is 22.1. The minimum Gasteiger partial charge on any atom is -0.393 e. The van der Waals surface area contributed by atoms with Gasteiger partial charge in [-0.15, -0.1) is 0 Å². The van der Waals surface area contributed by atoms with Crippen LogP contribution >= 0.6 is 0 Å². The Labute approximate surface area is 194 Å². The second-order valence-corrected chi connectivity index (χ2v) is 13.8. The Morgan fingerprint density at radius 2 is 1.78 bits per heavy atom. The Morgan fingerprint density at radius 1 is 1.03 bits per heavy atom. The maximum Gasteiger partial charge on any atom is 0.198 e. The highest BCUT2D eigenvalue weighted by Gasteiger charge is 2.76. The molecule has 3 saturated carbocycles. The molecule has 0 aromatic rings. The summed E-state index contributed by atoms with van der Waals surface area (Å²) in [5, 5.41) is 22.4. The summed E-state index contributed by atoms with van der Waals surface area (Å²) in [7, 11) is 0. The van der Waals surface area contributed by atoms with Gasteiger partial charge in [0.2, 0.25) is 0 Å². The summed E-state index contributed by atoms with van der Waals surface area (Å²) in [6.45, 7) is 13.5. The maximum atomic E-state index is 12.1. The second-order valence-electron chi connectivity index (χ2n) is 13.8. The van der Waals surface area contributed by atoms with Crippen molar-refractivity contribution < 1.29 is 19.7 Å². The van der Waals surface area contributed by atoms with E-state index in [1.165, 1.54) is 18.4 Å². The first-order valence-electron chi connectivity index (χ1n) is 13.3.